The zero-order valence-electron chi connectivity index (χ0n) is 13.5. The Morgan fingerprint density at radius 3 is 2.46 bits per heavy atom. The van der Waals surface area contributed by atoms with Gasteiger partial charge in [-0.25, -0.2) is 4.98 Å². The topological polar surface area (TPSA) is 40.7 Å². The first-order valence-electron chi connectivity index (χ1n) is 7.97. The molecule has 2 N–H and O–H groups in total. The Labute approximate surface area is 147 Å². The lowest BCUT2D eigenvalue weighted by molar-refractivity contribution is -0.137. The van der Waals surface area contributed by atoms with Crippen LogP contribution in [-0.4, -0.2) is 9.97 Å². The van der Waals surface area contributed by atoms with E-state index >= 15 is 0 Å². The van der Waals surface area contributed by atoms with Crippen molar-refractivity contribution in [3.8, 4) is 11.3 Å². The number of alkyl halides is 3. The molecule has 0 aliphatic carbocycles. The second-order valence-electron chi connectivity index (χ2n) is 5.91. The van der Waals surface area contributed by atoms with Crippen molar-refractivity contribution in [1.82, 2.24) is 9.97 Å². The van der Waals surface area contributed by atoms with E-state index in [2.05, 4.69) is 15.3 Å². The molecule has 0 amide bonds. The Bertz CT molecular complexity index is 1050. The SMILES string of the molecule is FC(F)(F)c1cccc(Nc2cc3[nH]c(-c4ccccc4)cc3cn2)c1. The molecule has 0 bridgehead atoms. The van der Waals surface area contributed by atoms with Crippen LogP contribution in [0.3, 0.4) is 0 Å². The highest BCUT2D eigenvalue weighted by Crippen LogP contribution is 2.31. The minimum Gasteiger partial charge on any atom is -0.354 e. The van der Waals surface area contributed by atoms with Gasteiger partial charge in [-0.15, -0.1) is 0 Å². The maximum atomic E-state index is 12.8. The number of hydrogen-bond acceptors (Lipinski definition) is 2. The molecule has 0 spiro atoms. The number of anilines is 2. The van der Waals surface area contributed by atoms with Gasteiger partial charge in [0.05, 0.1) is 11.1 Å². The van der Waals surface area contributed by atoms with Gasteiger partial charge in [0.2, 0.25) is 0 Å². The summed E-state index contributed by atoms with van der Waals surface area (Å²) in [6.45, 7) is 0. The van der Waals surface area contributed by atoms with Crippen molar-refractivity contribution >= 4 is 22.4 Å². The summed E-state index contributed by atoms with van der Waals surface area (Å²) in [5.74, 6) is 0.471. The molecule has 2 aromatic heterocycles. The van der Waals surface area contributed by atoms with Crippen LogP contribution in [0, 0.1) is 0 Å². The van der Waals surface area contributed by atoms with E-state index in [1.54, 1.807) is 18.3 Å². The number of hydrogen-bond donors (Lipinski definition) is 2. The van der Waals surface area contributed by atoms with Crippen molar-refractivity contribution in [2.75, 3.05) is 5.32 Å². The summed E-state index contributed by atoms with van der Waals surface area (Å²) in [5.41, 5.74) is 2.50. The molecule has 26 heavy (non-hydrogen) atoms. The van der Waals surface area contributed by atoms with E-state index in [4.69, 9.17) is 0 Å². The van der Waals surface area contributed by atoms with Crippen molar-refractivity contribution in [1.29, 1.82) is 0 Å². The molecule has 0 aliphatic rings. The number of benzene rings is 2. The van der Waals surface area contributed by atoms with Crippen molar-refractivity contribution in [2.45, 2.75) is 6.18 Å². The van der Waals surface area contributed by atoms with Crippen LogP contribution in [-0.2, 0) is 6.18 Å². The first-order valence-corrected chi connectivity index (χ1v) is 7.97. The Morgan fingerprint density at radius 2 is 1.69 bits per heavy atom. The quantitative estimate of drug-likeness (QED) is 0.475. The predicted molar refractivity (Wildman–Crippen MR) is 96.3 cm³/mol. The van der Waals surface area contributed by atoms with Crippen molar-refractivity contribution in [3.05, 3.63) is 78.5 Å². The van der Waals surface area contributed by atoms with Gasteiger partial charge in [-0.05, 0) is 29.8 Å². The van der Waals surface area contributed by atoms with Crippen molar-refractivity contribution < 1.29 is 13.2 Å². The van der Waals surface area contributed by atoms with Gasteiger partial charge < -0.3 is 10.3 Å². The Hall–Kier alpha value is -3.28. The molecule has 6 heteroatoms. The lowest BCUT2D eigenvalue weighted by Gasteiger charge is -2.10. The predicted octanol–water partition coefficient (Wildman–Crippen LogP) is 5.99. The average Bonchev–Trinajstić information content (AvgIpc) is 3.05. The molecule has 2 aromatic carbocycles. The van der Waals surface area contributed by atoms with E-state index in [0.29, 0.717) is 11.5 Å². The van der Waals surface area contributed by atoms with Crippen LogP contribution >= 0.6 is 0 Å². The van der Waals surface area contributed by atoms with E-state index < -0.39 is 11.7 Å². The molecule has 0 atom stereocenters. The molecular weight excluding hydrogens is 339 g/mol. The molecule has 4 aromatic rings. The smallest absolute Gasteiger partial charge is 0.354 e. The summed E-state index contributed by atoms with van der Waals surface area (Å²) in [5, 5.41) is 3.86. The van der Waals surface area contributed by atoms with Crippen LogP contribution in [0.15, 0.2) is 72.9 Å². The van der Waals surface area contributed by atoms with Gasteiger partial charge in [0.1, 0.15) is 5.82 Å². The highest BCUT2D eigenvalue weighted by Gasteiger charge is 2.30. The molecule has 3 nitrogen and oxygen atoms in total. The number of aromatic nitrogens is 2. The second kappa shape index (κ2) is 6.22. The molecule has 0 radical (unpaired) electrons. The molecule has 2 heterocycles. The Kier molecular flexibility index (Phi) is 3.88. The maximum absolute atomic E-state index is 12.8. The third-order valence-corrected chi connectivity index (χ3v) is 4.05. The molecule has 0 saturated heterocycles. The molecule has 0 fully saturated rings. The lowest BCUT2D eigenvalue weighted by atomic mass is 10.1. The number of pyridine rings is 1. The van der Waals surface area contributed by atoms with Gasteiger partial charge in [-0.3, -0.25) is 0 Å². The summed E-state index contributed by atoms with van der Waals surface area (Å²) in [6, 6.07) is 18.7. The summed E-state index contributed by atoms with van der Waals surface area (Å²) in [7, 11) is 0. The van der Waals surface area contributed by atoms with E-state index in [0.717, 1.165) is 34.3 Å². The Balaban J connectivity index is 1.64. The monoisotopic (exact) mass is 353 g/mol. The average molecular weight is 353 g/mol. The number of nitrogens with one attached hydrogen (secondary N) is 2. The highest BCUT2D eigenvalue weighted by molar-refractivity contribution is 5.87. The summed E-state index contributed by atoms with van der Waals surface area (Å²) in [6.07, 6.45) is -2.69. The molecule has 0 unspecified atom stereocenters. The van der Waals surface area contributed by atoms with E-state index in [1.807, 2.05) is 36.4 Å². The van der Waals surface area contributed by atoms with Crippen LogP contribution < -0.4 is 5.32 Å². The van der Waals surface area contributed by atoms with Gasteiger partial charge in [-0.2, -0.15) is 13.2 Å². The Morgan fingerprint density at radius 1 is 0.885 bits per heavy atom. The summed E-state index contributed by atoms with van der Waals surface area (Å²) >= 11 is 0. The van der Waals surface area contributed by atoms with Crippen LogP contribution in [0.1, 0.15) is 5.56 Å². The normalized spacial score (nSPS) is 11.7. The molecule has 4 rings (SSSR count). The van der Waals surface area contributed by atoms with Crippen LogP contribution in [0.5, 0.6) is 0 Å². The zero-order chi connectivity index (χ0) is 18.1. The van der Waals surface area contributed by atoms with Crippen molar-refractivity contribution in [3.63, 3.8) is 0 Å². The molecule has 0 aliphatic heterocycles. The third-order valence-electron chi connectivity index (χ3n) is 4.05. The minimum absolute atomic E-state index is 0.335. The van der Waals surface area contributed by atoms with Gasteiger partial charge in [-0.1, -0.05) is 36.4 Å². The third kappa shape index (κ3) is 3.26. The molecular formula is C20H14F3N3. The van der Waals surface area contributed by atoms with Crippen LogP contribution in [0.2, 0.25) is 0 Å². The fourth-order valence-corrected chi connectivity index (χ4v) is 2.79. The fourth-order valence-electron chi connectivity index (χ4n) is 2.79. The standard InChI is InChI=1S/C20H14F3N3/c21-20(22,23)15-7-4-8-16(10-15)25-19-11-18-14(12-24-19)9-17(26-18)13-5-2-1-3-6-13/h1-12,26H,(H,24,25). The number of nitrogens with zero attached hydrogens (tertiary/aromatic N) is 1. The van der Waals surface area contributed by atoms with Gasteiger partial charge >= 0.3 is 6.18 Å². The summed E-state index contributed by atoms with van der Waals surface area (Å²) in [4.78, 5) is 7.60. The van der Waals surface area contributed by atoms with Gasteiger partial charge in [0.25, 0.3) is 0 Å². The van der Waals surface area contributed by atoms with E-state index in [-0.39, 0.29) is 0 Å². The number of H-pyrrole nitrogens is 1. The molecule has 130 valence electrons. The number of rotatable bonds is 3. The first kappa shape index (κ1) is 16.2. The number of fused-ring (bicyclic) bond motifs is 1. The van der Waals surface area contributed by atoms with Gasteiger partial charge in [0, 0.05) is 29.0 Å². The van der Waals surface area contributed by atoms with Crippen LogP contribution in [0.4, 0.5) is 24.7 Å². The van der Waals surface area contributed by atoms with Crippen LogP contribution in [0.25, 0.3) is 22.2 Å². The first-order chi connectivity index (χ1) is 12.5. The fraction of sp³-hybridized carbons (Fsp3) is 0.0500. The summed E-state index contributed by atoms with van der Waals surface area (Å²) < 4.78 is 38.5. The van der Waals surface area contributed by atoms with E-state index in [1.165, 1.54) is 6.07 Å². The van der Waals surface area contributed by atoms with Gasteiger partial charge in [0.15, 0.2) is 0 Å². The highest BCUT2D eigenvalue weighted by atomic mass is 19.4. The maximum Gasteiger partial charge on any atom is 0.416 e. The number of aromatic amines is 1. The zero-order valence-corrected chi connectivity index (χ0v) is 13.5. The lowest BCUT2D eigenvalue weighted by Crippen LogP contribution is -2.05. The number of halogens is 3. The molecule has 0 saturated carbocycles. The van der Waals surface area contributed by atoms with Crippen molar-refractivity contribution in [2.24, 2.45) is 0 Å². The second-order valence-corrected chi connectivity index (χ2v) is 5.91. The van der Waals surface area contributed by atoms with E-state index in [9.17, 15) is 13.2 Å². The largest absolute Gasteiger partial charge is 0.416 e. The minimum atomic E-state index is -4.38.